The Hall–Kier alpha value is -0.0800. The molecule has 2 heteroatoms. The van der Waals surface area contributed by atoms with Gasteiger partial charge in [0.2, 0.25) is 0 Å². The minimum absolute atomic E-state index is 0.599. The monoisotopic (exact) mass is 171 g/mol. The summed E-state index contributed by atoms with van der Waals surface area (Å²) in [6, 6.07) is 0.599. The van der Waals surface area contributed by atoms with E-state index in [0.717, 1.165) is 25.7 Å². The van der Waals surface area contributed by atoms with Gasteiger partial charge in [0, 0.05) is 12.6 Å². The van der Waals surface area contributed by atoms with Gasteiger partial charge in [-0.2, -0.15) is 0 Å². The first-order chi connectivity index (χ1) is 5.86. The molecule has 0 aromatic rings. The van der Waals surface area contributed by atoms with Crippen LogP contribution in [0, 0.1) is 5.92 Å². The molecule has 0 aliphatic heterocycles. The van der Waals surface area contributed by atoms with Crippen LogP contribution < -0.4 is 5.32 Å². The Labute approximate surface area is 75.7 Å². The van der Waals surface area contributed by atoms with E-state index in [1.807, 2.05) is 0 Å². The zero-order valence-corrected chi connectivity index (χ0v) is 8.31. The summed E-state index contributed by atoms with van der Waals surface area (Å²) in [5.74, 6) is 0.995. The van der Waals surface area contributed by atoms with E-state index in [1.165, 1.54) is 19.3 Å². The number of hydrogen-bond donors (Lipinski definition) is 1. The van der Waals surface area contributed by atoms with Crippen LogP contribution in [-0.2, 0) is 4.74 Å². The Morgan fingerprint density at radius 3 is 2.67 bits per heavy atom. The highest BCUT2D eigenvalue weighted by Crippen LogP contribution is 2.33. The second-order valence-corrected chi connectivity index (χ2v) is 3.59. The molecule has 0 spiro atoms. The molecule has 0 bridgehead atoms. The minimum Gasteiger partial charge on any atom is -0.380 e. The topological polar surface area (TPSA) is 21.3 Å². The zero-order valence-electron chi connectivity index (χ0n) is 8.31. The van der Waals surface area contributed by atoms with Gasteiger partial charge < -0.3 is 10.1 Å². The highest BCUT2D eigenvalue weighted by Gasteiger charge is 2.24. The average molecular weight is 171 g/mol. The van der Waals surface area contributed by atoms with Gasteiger partial charge in [0.25, 0.3) is 0 Å². The molecule has 1 N–H and O–H groups in total. The van der Waals surface area contributed by atoms with E-state index >= 15 is 0 Å². The van der Waals surface area contributed by atoms with E-state index in [-0.39, 0.29) is 0 Å². The summed E-state index contributed by atoms with van der Waals surface area (Å²) in [4.78, 5) is 0. The fourth-order valence-corrected chi connectivity index (χ4v) is 1.52. The van der Waals surface area contributed by atoms with Crippen molar-refractivity contribution in [3.05, 3.63) is 0 Å². The number of rotatable bonds is 7. The summed E-state index contributed by atoms with van der Waals surface area (Å²) >= 11 is 0. The third-order valence-electron chi connectivity index (χ3n) is 2.33. The van der Waals surface area contributed by atoms with Crippen LogP contribution in [0.1, 0.15) is 33.1 Å². The van der Waals surface area contributed by atoms with Crippen LogP contribution in [0.3, 0.4) is 0 Å². The van der Waals surface area contributed by atoms with Crippen LogP contribution >= 0.6 is 0 Å². The maximum atomic E-state index is 5.41. The lowest BCUT2D eigenvalue weighted by Gasteiger charge is -2.16. The Balaban J connectivity index is 2.07. The van der Waals surface area contributed by atoms with Gasteiger partial charge in [-0.3, -0.25) is 0 Å². The van der Waals surface area contributed by atoms with E-state index in [0.29, 0.717) is 6.04 Å². The first-order valence-electron chi connectivity index (χ1n) is 5.18. The molecule has 1 fully saturated rings. The van der Waals surface area contributed by atoms with Crippen LogP contribution in [0.4, 0.5) is 0 Å². The van der Waals surface area contributed by atoms with Crippen LogP contribution in [0.15, 0.2) is 0 Å². The van der Waals surface area contributed by atoms with Crippen LogP contribution in [-0.4, -0.2) is 25.8 Å². The SMILES string of the molecule is CCNC(COCC)CC1CC1. The molecular formula is C10H21NO. The van der Waals surface area contributed by atoms with E-state index < -0.39 is 0 Å². The largest absolute Gasteiger partial charge is 0.380 e. The quantitative estimate of drug-likeness (QED) is 0.630. The number of ether oxygens (including phenoxy) is 1. The highest BCUT2D eigenvalue weighted by atomic mass is 16.5. The zero-order chi connectivity index (χ0) is 8.81. The predicted octanol–water partition coefficient (Wildman–Crippen LogP) is 1.80. The Kier molecular flexibility index (Phi) is 4.62. The molecular weight excluding hydrogens is 150 g/mol. The van der Waals surface area contributed by atoms with Gasteiger partial charge in [0.1, 0.15) is 0 Å². The molecule has 1 saturated carbocycles. The van der Waals surface area contributed by atoms with Gasteiger partial charge in [-0.1, -0.05) is 19.8 Å². The van der Waals surface area contributed by atoms with Crippen molar-refractivity contribution in [3.8, 4) is 0 Å². The Bertz CT molecular complexity index is 112. The Morgan fingerprint density at radius 2 is 2.17 bits per heavy atom. The molecule has 72 valence electrons. The third-order valence-corrected chi connectivity index (χ3v) is 2.33. The van der Waals surface area contributed by atoms with Crippen LogP contribution in [0.2, 0.25) is 0 Å². The summed E-state index contributed by atoms with van der Waals surface area (Å²) < 4.78 is 5.41. The van der Waals surface area contributed by atoms with Crippen LogP contribution in [0.5, 0.6) is 0 Å². The molecule has 2 nitrogen and oxygen atoms in total. The third kappa shape index (κ3) is 4.07. The fraction of sp³-hybridized carbons (Fsp3) is 1.00. The normalized spacial score (nSPS) is 19.5. The van der Waals surface area contributed by atoms with Crippen molar-refractivity contribution in [2.45, 2.75) is 39.2 Å². The lowest BCUT2D eigenvalue weighted by atomic mass is 10.1. The van der Waals surface area contributed by atoms with Crippen molar-refractivity contribution in [1.82, 2.24) is 5.32 Å². The van der Waals surface area contributed by atoms with Crippen molar-refractivity contribution in [1.29, 1.82) is 0 Å². The van der Waals surface area contributed by atoms with Gasteiger partial charge in [-0.05, 0) is 25.8 Å². The van der Waals surface area contributed by atoms with Gasteiger partial charge in [-0.15, -0.1) is 0 Å². The van der Waals surface area contributed by atoms with Gasteiger partial charge in [0.05, 0.1) is 6.61 Å². The molecule has 0 radical (unpaired) electrons. The number of nitrogens with one attached hydrogen (secondary N) is 1. The number of likely N-dealkylation sites (N-methyl/N-ethyl adjacent to an activating group) is 1. The maximum absolute atomic E-state index is 5.41. The highest BCUT2D eigenvalue weighted by molar-refractivity contribution is 4.79. The summed E-state index contributed by atoms with van der Waals surface area (Å²) in [6.45, 7) is 7.00. The van der Waals surface area contributed by atoms with E-state index in [1.54, 1.807) is 0 Å². The predicted molar refractivity (Wildman–Crippen MR) is 51.3 cm³/mol. The molecule has 1 atom stereocenters. The molecule has 1 rings (SSSR count). The van der Waals surface area contributed by atoms with Crippen LogP contribution in [0.25, 0.3) is 0 Å². The summed E-state index contributed by atoms with van der Waals surface area (Å²) in [7, 11) is 0. The molecule has 1 aliphatic rings. The van der Waals surface area contributed by atoms with E-state index in [4.69, 9.17) is 4.74 Å². The van der Waals surface area contributed by atoms with Crippen molar-refractivity contribution in [2.24, 2.45) is 5.92 Å². The summed E-state index contributed by atoms with van der Waals surface area (Å²) in [6.07, 6.45) is 4.19. The van der Waals surface area contributed by atoms with Crippen molar-refractivity contribution in [3.63, 3.8) is 0 Å². The molecule has 1 unspecified atom stereocenters. The smallest absolute Gasteiger partial charge is 0.0619 e. The lowest BCUT2D eigenvalue weighted by molar-refractivity contribution is 0.119. The molecule has 12 heavy (non-hydrogen) atoms. The molecule has 0 heterocycles. The maximum Gasteiger partial charge on any atom is 0.0619 e. The summed E-state index contributed by atoms with van der Waals surface area (Å²) in [5.41, 5.74) is 0. The van der Waals surface area contributed by atoms with Crippen molar-refractivity contribution in [2.75, 3.05) is 19.8 Å². The second-order valence-electron chi connectivity index (χ2n) is 3.59. The van der Waals surface area contributed by atoms with Crippen molar-refractivity contribution >= 4 is 0 Å². The standard InChI is InChI=1S/C10H21NO/c1-3-11-10(8-12-4-2)7-9-5-6-9/h9-11H,3-8H2,1-2H3. The minimum atomic E-state index is 0.599. The molecule has 0 saturated heterocycles. The van der Waals surface area contributed by atoms with Crippen molar-refractivity contribution < 1.29 is 4.74 Å². The first kappa shape index (κ1) is 10.0. The molecule has 0 aromatic heterocycles. The average Bonchev–Trinajstić information content (AvgIpc) is 2.84. The first-order valence-corrected chi connectivity index (χ1v) is 5.18. The fourth-order valence-electron chi connectivity index (χ4n) is 1.52. The molecule has 0 amide bonds. The summed E-state index contributed by atoms with van der Waals surface area (Å²) in [5, 5.41) is 3.46. The Morgan fingerprint density at radius 1 is 1.42 bits per heavy atom. The van der Waals surface area contributed by atoms with Gasteiger partial charge in [0.15, 0.2) is 0 Å². The van der Waals surface area contributed by atoms with Gasteiger partial charge >= 0.3 is 0 Å². The second kappa shape index (κ2) is 5.55. The lowest BCUT2D eigenvalue weighted by Crippen LogP contribution is -2.33. The molecule has 1 aliphatic carbocycles. The van der Waals surface area contributed by atoms with E-state index in [9.17, 15) is 0 Å². The van der Waals surface area contributed by atoms with E-state index in [2.05, 4.69) is 19.2 Å². The van der Waals surface area contributed by atoms with Gasteiger partial charge in [-0.25, -0.2) is 0 Å². The molecule has 0 aromatic carbocycles. The number of hydrogen-bond acceptors (Lipinski definition) is 2.